The van der Waals surface area contributed by atoms with E-state index in [1.165, 1.54) is 10.5 Å². The van der Waals surface area contributed by atoms with Gasteiger partial charge in [0.25, 0.3) is 0 Å². The van der Waals surface area contributed by atoms with Crippen LogP contribution in [0.2, 0.25) is 0 Å². The highest BCUT2D eigenvalue weighted by Gasteiger charge is 2.45. The van der Waals surface area contributed by atoms with E-state index in [9.17, 15) is 14.7 Å². The molecule has 1 N–H and O–H groups in total. The van der Waals surface area contributed by atoms with Crippen LogP contribution in [0.5, 0.6) is 0 Å². The molecule has 0 spiro atoms. The summed E-state index contributed by atoms with van der Waals surface area (Å²) in [7, 11) is 1.64. The molecular weight excluding hydrogens is 306 g/mol. The lowest BCUT2D eigenvalue weighted by Gasteiger charge is -2.41. The number of rotatable bonds is 4. The van der Waals surface area contributed by atoms with Crippen LogP contribution in [0.4, 0.5) is 0 Å². The number of hydrogen-bond acceptors (Lipinski definition) is 3. The molecule has 3 rings (SSSR count). The van der Waals surface area contributed by atoms with E-state index in [1.54, 1.807) is 7.05 Å². The van der Waals surface area contributed by atoms with Crippen LogP contribution in [-0.4, -0.2) is 41.1 Å². The minimum absolute atomic E-state index is 0.152. The van der Waals surface area contributed by atoms with Gasteiger partial charge in [-0.3, -0.25) is 4.79 Å². The molecular formula is C19H25NO4. The zero-order valence-electron chi connectivity index (χ0n) is 14.2. The van der Waals surface area contributed by atoms with Crippen molar-refractivity contribution < 1.29 is 19.4 Å². The van der Waals surface area contributed by atoms with Crippen LogP contribution in [0, 0.1) is 0 Å². The van der Waals surface area contributed by atoms with Gasteiger partial charge in [0.2, 0.25) is 5.91 Å². The molecule has 1 saturated carbocycles. The quantitative estimate of drug-likeness (QED) is 0.921. The van der Waals surface area contributed by atoms with Crippen molar-refractivity contribution in [1.29, 1.82) is 0 Å². The number of carboxylic acid groups (broad SMARTS) is 1. The topological polar surface area (TPSA) is 66.8 Å². The summed E-state index contributed by atoms with van der Waals surface area (Å²) < 4.78 is 5.81. The molecule has 130 valence electrons. The molecule has 1 aliphatic heterocycles. The third-order valence-electron chi connectivity index (χ3n) is 5.55. The maximum Gasteiger partial charge on any atom is 0.329 e. The van der Waals surface area contributed by atoms with Crippen molar-refractivity contribution in [2.75, 3.05) is 13.7 Å². The Morgan fingerprint density at radius 2 is 1.96 bits per heavy atom. The second kappa shape index (κ2) is 6.93. The fourth-order valence-corrected chi connectivity index (χ4v) is 4.01. The predicted molar refractivity (Wildman–Crippen MR) is 89.7 cm³/mol. The van der Waals surface area contributed by atoms with Crippen LogP contribution in [0.1, 0.15) is 55.8 Å². The minimum atomic E-state index is -1.05. The van der Waals surface area contributed by atoms with Gasteiger partial charge in [-0.25, -0.2) is 4.79 Å². The Morgan fingerprint density at radius 3 is 2.67 bits per heavy atom. The van der Waals surface area contributed by atoms with Crippen LogP contribution < -0.4 is 0 Å². The number of amides is 1. The molecule has 24 heavy (non-hydrogen) atoms. The van der Waals surface area contributed by atoms with E-state index in [4.69, 9.17) is 4.74 Å². The van der Waals surface area contributed by atoms with Crippen LogP contribution in [0.15, 0.2) is 24.3 Å². The first-order valence-corrected chi connectivity index (χ1v) is 8.74. The highest BCUT2D eigenvalue weighted by Crippen LogP contribution is 2.36. The van der Waals surface area contributed by atoms with Crippen molar-refractivity contribution in [3.05, 3.63) is 35.4 Å². The number of ether oxygens (including phenoxy) is 1. The highest BCUT2D eigenvalue weighted by atomic mass is 16.5. The Balaban J connectivity index is 1.76. The third kappa shape index (κ3) is 3.05. The maximum atomic E-state index is 12.8. The van der Waals surface area contributed by atoms with Gasteiger partial charge in [0.1, 0.15) is 5.54 Å². The second-order valence-corrected chi connectivity index (χ2v) is 6.86. The smallest absolute Gasteiger partial charge is 0.329 e. The zero-order chi connectivity index (χ0) is 17.2. The largest absolute Gasteiger partial charge is 0.479 e. The molecule has 0 bridgehead atoms. The van der Waals surface area contributed by atoms with E-state index < -0.39 is 11.5 Å². The molecule has 1 atom stereocenters. The molecule has 5 nitrogen and oxygen atoms in total. The summed E-state index contributed by atoms with van der Waals surface area (Å²) in [5.41, 5.74) is 1.22. The lowest BCUT2D eigenvalue weighted by atomic mass is 9.80. The van der Waals surface area contributed by atoms with Gasteiger partial charge in [0.15, 0.2) is 0 Å². The second-order valence-electron chi connectivity index (χ2n) is 6.86. The fourth-order valence-electron chi connectivity index (χ4n) is 4.01. The van der Waals surface area contributed by atoms with Crippen LogP contribution in [-0.2, 0) is 20.7 Å². The van der Waals surface area contributed by atoms with Crippen LogP contribution >= 0.6 is 0 Å². The zero-order valence-corrected chi connectivity index (χ0v) is 14.2. The Labute approximate surface area is 142 Å². The Kier molecular flexibility index (Phi) is 4.90. The van der Waals surface area contributed by atoms with E-state index >= 15 is 0 Å². The average Bonchev–Trinajstić information content (AvgIpc) is 2.61. The Hall–Kier alpha value is -1.88. The molecule has 0 saturated heterocycles. The van der Waals surface area contributed by atoms with Crippen molar-refractivity contribution >= 4 is 11.9 Å². The molecule has 1 aliphatic carbocycles. The molecule has 1 aromatic carbocycles. The van der Waals surface area contributed by atoms with Crippen molar-refractivity contribution in [2.24, 2.45) is 0 Å². The van der Waals surface area contributed by atoms with Crippen molar-refractivity contribution in [3.63, 3.8) is 0 Å². The van der Waals surface area contributed by atoms with Gasteiger partial charge in [-0.05, 0) is 30.4 Å². The molecule has 1 amide bonds. The number of aliphatic carboxylic acids is 1. The fraction of sp³-hybridized carbons (Fsp3) is 0.579. The molecule has 5 heteroatoms. The summed E-state index contributed by atoms with van der Waals surface area (Å²) >= 11 is 0. The van der Waals surface area contributed by atoms with E-state index in [0.717, 1.165) is 31.2 Å². The van der Waals surface area contributed by atoms with E-state index in [2.05, 4.69) is 6.07 Å². The van der Waals surface area contributed by atoms with Crippen LogP contribution in [0.25, 0.3) is 0 Å². The molecule has 0 aromatic heterocycles. The Bertz CT molecular complexity index is 622. The van der Waals surface area contributed by atoms with E-state index in [-0.39, 0.29) is 18.4 Å². The summed E-state index contributed by atoms with van der Waals surface area (Å²) in [5, 5.41) is 9.75. The normalized spacial score (nSPS) is 22.5. The Morgan fingerprint density at radius 1 is 1.25 bits per heavy atom. The summed E-state index contributed by atoms with van der Waals surface area (Å²) in [4.78, 5) is 26.2. The summed E-state index contributed by atoms with van der Waals surface area (Å²) in [6.07, 6.45) is 4.59. The highest BCUT2D eigenvalue weighted by molar-refractivity contribution is 5.87. The number of benzene rings is 1. The molecule has 1 heterocycles. The van der Waals surface area contributed by atoms with E-state index in [0.29, 0.717) is 19.4 Å². The van der Waals surface area contributed by atoms with Gasteiger partial charge < -0.3 is 14.7 Å². The molecule has 0 radical (unpaired) electrons. The molecule has 1 aromatic rings. The maximum absolute atomic E-state index is 12.8. The first kappa shape index (κ1) is 17.0. The van der Waals surface area contributed by atoms with Gasteiger partial charge in [-0.1, -0.05) is 43.5 Å². The first-order valence-electron chi connectivity index (χ1n) is 8.74. The lowest BCUT2D eigenvalue weighted by Crippen LogP contribution is -2.56. The molecule has 2 aliphatic rings. The van der Waals surface area contributed by atoms with Gasteiger partial charge in [-0.15, -0.1) is 0 Å². The molecule has 1 unspecified atom stereocenters. The number of carbonyl (C=O) groups excluding carboxylic acids is 1. The van der Waals surface area contributed by atoms with Gasteiger partial charge >= 0.3 is 5.97 Å². The van der Waals surface area contributed by atoms with Crippen molar-refractivity contribution in [1.82, 2.24) is 4.90 Å². The SMILES string of the molecule is CN(C(=O)CC1OCCc2ccccc21)C1(C(=O)O)CCCCC1. The number of nitrogens with zero attached hydrogens (tertiary/aromatic N) is 1. The first-order chi connectivity index (χ1) is 11.5. The minimum Gasteiger partial charge on any atom is -0.479 e. The third-order valence-corrected chi connectivity index (χ3v) is 5.55. The average molecular weight is 331 g/mol. The van der Waals surface area contributed by atoms with Crippen LogP contribution in [0.3, 0.4) is 0 Å². The van der Waals surface area contributed by atoms with Gasteiger partial charge in [0.05, 0.1) is 19.1 Å². The number of carbonyl (C=O) groups is 2. The van der Waals surface area contributed by atoms with Gasteiger partial charge in [0, 0.05) is 7.05 Å². The number of hydrogen-bond donors (Lipinski definition) is 1. The summed E-state index contributed by atoms with van der Waals surface area (Å²) in [6, 6.07) is 8.02. The van der Waals surface area contributed by atoms with E-state index in [1.807, 2.05) is 18.2 Å². The summed E-state index contributed by atoms with van der Waals surface area (Å²) in [6.45, 7) is 0.600. The molecule has 1 fully saturated rings. The lowest BCUT2D eigenvalue weighted by molar-refractivity contribution is -0.161. The predicted octanol–water partition coefficient (Wildman–Crippen LogP) is 2.94. The van der Waals surface area contributed by atoms with Crippen molar-refractivity contribution in [2.45, 2.75) is 56.6 Å². The monoisotopic (exact) mass is 331 g/mol. The number of fused-ring (bicyclic) bond motifs is 1. The number of likely N-dealkylation sites (N-methyl/N-ethyl adjacent to an activating group) is 1. The van der Waals surface area contributed by atoms with Gasteiger partial charge in [-0.2, -0.15) is 0 Å². The van der Waals surface area contributed by atoms with Crippen molar-refractivity contribution in [3.8, 4) is 0 Å². The number of carboxylic acids is 1. The summed E-state index contributed by atoms with van der Waals surface area (Å²) in [5.74, 6) is -1.04. The standard InChI is InChI=1S/C19H25NO4/c1-20(19(18(22)23)10-5-2-6-11-19)17(21)13-16-15-8-4-3-7-14(15)9-12-24-16/h3-4,7-8,16H,2,5-6,9-13H2,1H3,(H,22,23).